The highest BCUT2D eigenvalue weighted by molar-refractivity contribution is 6.57. The number of aryl methyl sites for hydroxylation is 2. The molecule has 8 rings (SSSR count). The fourth-order valence-corrected chi connectivity index (χ4v) is 10.6. The molecule has 0 spiro atoms. The van der Waals surface area contributed by atoms with E-state index >= 15 is 0 Å². The van der Waals surface area contributed by atoms with E-state index in [1.807, 2.05) is 13.0 Å². The average Bonchev–Trinajstić information content (AvgIpc) is 1.63. The summed E-state index contributed by atoms with van der Waals surface area (Å²) in [5.41, 5.74) is 6.55. The summed E-state index contributed by atoms with van der Waals surface area (Å²) in [6.07, 6.45) is 1.76. The summed E-state index contributed by atoms with van der Waals surface area (Å²) in [6, 6.07) is 20.8. The highest BCUT2D eigenvalue weighted by Gasteiger charge is 2.55. The van der Waals surface area contributed by atoms with Gasteiger partial charge in [-0.15, -0.1) is 0 Å². The molecular formula is C63H59Cl15N2O24. The number of nitrogen functional groups attached to an aromatic ring is 1. The number of nitrogens with two attached hydrogens (primary N) is 1. The van der Waals surface area contributed by atoms with E-state index < -0.39 is 95.4 Å². The summed E-state index contributed by atoms with van der Waals surface area (Å²) in [4.78, 5) is 96.4. The first-order chi connectivity index (χ1) is 48.3. The summed E-state index contributed by atoms with van der Waals surface area (Å²) in [7, 11) is 0. The van der Waals surface area contributed by atoms with Gasteiger partial charge in [0, 0.05) is 39.0 Å². The molecule has 1 aromatic heterocycles. The number of aliphatic carboxylic acids is 8. The highest BCUT2D eigenvalue weighted by atomic mass is 35.5. The molecule has 3 heterocycles. The van der Waals surface area contributed by atoms with Gasteiger partial charge in [0.25, 0.3) is 0 Å². The van der Waals surface area contributed by atoms with Crippen LogP contribution in [0.2, 0.25) is 65.4 Å². The van der Waals surface area contributed by atoms with Gasteiger partial charge >= 0.3 is 53.7 Å². The van der Waals surface area contributed by atoms with Gasteiger partial charge in [0.05, 0.1) is 78.1 Å². The van der Waals surface area contributed by atoms with Crippen LogP contribution in [0.5, 0.6) is 28.7 Å². The van der Waals surface area contributed by atoms with E-state index in [0.29, 0.717) is 102 Å². The maximum absolute atomic E-state index is 10.8. The van der Waals surface area contributed by atoms with Crippen molar-refractivity contribution in [1.29, 1.82) is 0 Å². The minimum Gasteiger partial charge on any atom is -0.493 e. The van der Waals surface area contributed by atoms with Crippen LogP contribution in [0, 0.1) is 25.7 Å². The second-order valence-corrected chi connectivity index (χ2v) is 27.3. The Bertz CT molecular complexity index is 3840. The Balaban J connectivity index is 0.000000598. The predicted octanol–water partition coefficient (Wildman–Crippen LogP) is 18.0. The lowest BCUT2D eigenvalue weighted by atomic mass is 9.79. The van der Waals surface area contributed by atoms with Crippen LogP contribution >= 0.6 is 174 Å². The van der Waals surface area contributed by atoms with E-state index in [1.54, 1.807) is 49.4 Å². The molecule has 0 aliphatic carbocycles. The number of ether oxygens (including phenoxy) is 6. The molecule has 0 saturated carbocycles. The van der Waals surface area contributed by atoms with E-state index in [0.717, 1.165) is 11.3 Å². The molecule has 5 aromatic carbocycles. The number of hydrogen-bond donors (Lipinski definition) is 10. The monoisotopic (exact) mass is 1750 g/mol. The molecule has 6 aromatic rings. The standard InChI is InChI=1S/C11H13ClO3.C10H10Cl2O3.C9H8Cl2O3.C8H5Cl3O3.C8H6Cl2O3.C8H10O5.C6H3Cl3N2O2.C3H4Cl2O2/c1-8-7-9(12)4-5-10(8)15-6-2-3-11(13)14;11-7-3-4-9(8(12)6-7)15-5-1-2-10(13)14;1-5-2-6(10)3-7(11)9(5)14-4-8(12)13;9-4-1-6(11)7(2-5(4)10)14-3-8(12)13;9-5-1-2-7(6(10)3-5)13-4-8(11)12;9-7(10)5-3-1-2-4(13-3)6(5)8(11)12;7-1-3(10)2(8)5(9)11-4(1)6(12)13;1-3(4,5)2(6)7/h4-5,7H,2-3,6H2,1H3,(H,13,14);3-4,6H,1-2,5H2,(H,13,14);2-3H,4H2,1H3,(H,12,13);1-2H,3H2,(H,12,13);1-3H,4H2,(H,11,12);3-6H,1-2H2,(H,9,10)(H,11,12);(H2,10,11)(H,12,13);1H3,(H,6,7). The van der Waals surface area contributed by atoms with Crippen LogP contribution in [-0.4, -0.2) is 154 Å². The van der Waals surface area contributed by atoms with Gasteiger partial charge in [0.2, 0.25) is 4.33 Å². The van der Waals surface area contributed by atoms with E-state index in [2.05, 4.69) is 4.98 Å². The zero-order chi connectivity index (χ0) is 79.6. The maximum Gasteiger partial charge on any atom is 0.356 e. The molecule has 0 amide bonds. The molecule has 2 aliphatic heterocycles. The molecule has 4 atom stereocenters. The Morgan fingerprint density at radius 1 is 0.462 bits per heavy atom. The molecule has 2 aliphatic rings. The van der Waals surface area contributed by atoms with Gasteiger partial charge in [0.1, 0.15) is 33.8 Å². The number of anilines is 1. The van der Waals surface area contributed by atoms with Crippen molar-refractivity contribution in [2.24, 2.45) is 11.8 Å². The zero-order valence-corrected chi connectivity index (χ0v) is 64.8. The number of fused-ring (bicyclic) bond motifs is 2. The Kier molecular flexibility index (Phi) is 44.1. The summed E-state index contributed by atoms with van der Waals surface area (Å²) in [6.45, 7) is 4.27. The fraction of sp³-hybridized carbons (Fsp3) is 0.302. The van der Waals surface area contributed by atoms with Gasteiger partial charge in [-0.25, -0.2) is 29.0 Å². The largest absolute Gasteiger partial charge is 0.493 e. The van der Waals surface area contributed by atoms with Gasteiger partial charge in [-0.2, -0.15) is 0 Å². The quantitative estimate of drug-likeness (QED) is 0.0123. The van der Waals surface area contributed by atoms with Crippen molar-refractivity contribution in [3.63, 3.8) is 0 Å². The summed E-state index contributed by atoms with van der Waals surface area (Å²) in [5.74, 6) is -9.02. The molecule has 11 N–H and O–H groups in total. The first kappa shape index (κ1) is 95.6. The third-order valence-electron chi connectivity index (χ3n) is 12.2. The smallest absolute Gasteiger partial charge is 0.356 e. The number of benzene rings is 5. The molecule has 570 valence electrons. The normalized spacial score (nSPS) is 14.1. The average molecular weight is 1760 g/mol. The van der Waals surface area contributed by atoms with Crippen molar-refractivity contribution in [2.75, 3.05) is 38.8 Å². The number of aromatic nitrogens is 1. The van der Waals surface area contributed by atoms with Gasteiger partial charge in [-0.3, -0.25) is 19.2 Å². The summed E-state index contributed by atoms with van der Waals surface area (Å²) in [5, 5.41) is 79.7. The van der Waals surface area contributed by atoms with Crippen molar-refractivity contribution in [3.05, 3.63) is 161 Å². The predicted molar refractivity (Wildman–Crippen MR) is 394 cm³/mol. The third kappa shape index (κ3) is 36.7. The van der Waals surface area contributed by atoms with Crippen LogP contribution in [0.15, 0.2) is 78.9 Å². The fourth-order valence-electron chi connectivity index (χ4n) is 7.65. The van der Waals surface area contributed by atoms with E-state index in [1.165, 1.54) is 37.3 Å². The van der Waals surface area contributed by atoms with Crippen LogP contribution in [0.4, 0.5) is 5.69 Å². The summed E-state index contributed by atoms with van der Waals surface area (Å²) >= 11 is 84.0. The van der Waals surface area contributed by atoms with Crippen LogP contribution in [0.25, 0.3) is 0 Å². The SMILES string of the molecule is CC(Cl)(Cl)C(=O)O.Cc1cc(Cl)cc(Cl)c1OCC(=O)O.Cc1cc(Cl)ccc1OCCCC(=O)O.Nc1c(Cl)c(Cl)nc(C(=O)O)c1Cl.O=C(O)C1C2CCC(O2)C1C(=O)O.O=C(O)CCCOc1ccc(Cl)cc1Cl.O=C(O)COc1cc(Cl)c(Cl)cc1Cl.O=C(O)COc1ccc(Cl)cc1Cl. The lowest BCUT2D eigenvalue weighted by Crippen LogP contribution is -2.38. The van der Waals surface area contributed by atoms with Gasteiger partial charge in [0.15, 0.2) is 30.7 Å². The molecule has 2 bridgehead atoms. The Morgan fingerprint density at radius 2 is 0.837 bits per heavy atom. The van der Waals surface area contributed by atoms with E-state index in [4.69, 9.17) is 254 Å². The number of carboxylic acids is 9. The van der Waals surface area contributed by atoms with E-state index in [9.17, 15) is 43.2 Å². The number of carboxylic acid groups (broad SMARTS) is 9. The number of halogens is 15. The topological polar surface area (TPSA) is 430 Å². The molecule has 2 fully saturated rings. The highest BCUT2D eigenvalue weighted by Crippen LogP contribution is 2.44. The first-order valence-electron chi connectivity index (χ1n) is 28.5. The minimum absolute atomic E-state index is 0.0448. The van der Waals surface area contributed by atoms with Crippen molar-refractivity contribution in [1.82, 2.24) is 4.98 Å². The van der Waals surface area contributed by atoms with Gasteiger partial charge in [-0.05, 0) is 130 Å². The Morgan fingerprint density at radius 3 is 1.23 bits per heavy atom. The maximum atomic E-state index is 10.8. The number of hydrogen-bond acceptors (Lipinski definition) is 17. The lowest BCUT2D eigenvalue weighted by molar-refractivity contribution is -0.154. The van der Waals surface area contributed by atoms with Crippen molar-refractivity contribution in [2.45, 2.75) is 75.8 Å². The molecular weight excluding hydrogens is 1700 g/mol. The number of rotatable bonds is 23. The Hall–Kier alpha value is -6.41. The molecule has 0 radical (unpaired) electrons. The number of aromatic carboxylic acids is 1. The van der Waals surface area contributed by atoms with Crippen LogP contribution in [0.3, 0.4) is 0 Å². The van der Waals surface area contributed by atoms with E-state index in [-0.39, 0.29) is 61.7 Å². The molecule has 41 heteroatoms. The second-order valence-electron chi connectivity index (χ2n) is 20.3. The molecule has 4 unspecified atom stereocenters. The van der Waals surface area contributed by atoms with Gasteiger partial charge < -0.3 is 80.1 Å². The Labute approximate surface area is 666 Å². The zero-order valence-electron chi connectivity index (χ0n) is 53.4. The number of carbonyl (C=O) groups is 9. The van der Waals surface area contributed by atoms with Crippen molar-refractivity contribution < 1.29 is 118 Å². The third-order valence-corrected chi connectivity index (χ3v) is 16.5. The van der Waals surface area contributed by atoms with Crippen LogP contribution in [-0.2, 0) is 43.1 Å². The number of alkyl halides is 2. The molecule has 104 heavy (non-hydrogen) atoms. The van der Waals surface area contributed by atoms with Gasteiger partial charge in [-0.1, -0.05) is 174 Å². The van der Waals surface area contributed by atoms with Crippen molar-refractivity contribution >= 4 is 233 Å². The summed E-state index contributed by atoms with van der Waals surface area (Å²) < 4.78 is 29.0. The minimum atomic E-state index is -1.64. The number of pyridine rings is 1. The lowest BCUT2D eigenvalue weighted by Gasteiger charge is -2.20. The second kappa shape index (κ2) is 48.0. The van der Waals surface area contributed by atoms with Crippen LogP contribution in [0.1, 0.15) is 67.1 Å². The molecule has 2 saturated heterocycles. The van der Waals surface area contributed by atoms with Crippen LogP contribution < -0.4 is 29.4 Å². The number of nitrogens with zero attached hydrogens (tertiary/aromatic N) is 1. The van der Waals surface area contributed by atoms with Crippen molar-refractivity contribution in [3.8, 4) is 28.7 Å². The first-order valence-corrected chi connectivity index (χ1v) is 34.2. The molecule has 26 nitrogen and oxygen atoms in total.